The number of carbonyl (C=O) groups is 2. The Bertz CT molecular complexity index is 457. The summed E-state index contributed by atoms with van der Waals surface area (Å²) in [6.45, 7) is 5.92. The molecule has 0 bridgehead atoms. The van der Waals surface area contributed by atoms with Crippen LogP contribution < -0.4 is 10.6 Å². The number of aryl methyl sites for hydroxylation is 1. The van der Waals surface area contributed by atoms with Crippen molar-refractivity contribution in [3.8, 4) is 0 Å². The number of carboxylic acids is 1. The van der Waals surface area contributed by atoms with Crippen molar-refractivity contribution in [2.24, 2.45) is 5.41 Å². The number of hydrogen-bond acceptors (Lipinski definition) is 4. The fourth-order valence-corrected chi connectivity index (χ4v) is 2.02. The lowest BCUT2D eigenvalue weighted by Gasteiger charge is -2.18. The molecular weight excluding hydrogens is 266 g/mol. The topological polar surface area (TPSA) is 91.3 Å². The lowest BCUT2D eigenvalue weighted by atomic mass is 9.90. The summed E-state index contributed by atoms with van der Waals surface area (Å²) in [5.41, 5.74) is -0.834. The van der Waals surface area contributed by atoms with Crippen LogP contribution in [0.15, 0.2) is 6.20 Å². The average Bonchev–Trinajstić information content (AvgIpc) is 2.72. The van der Waals surface area contributed by atoms with Crippen molar-refractivity contribution in [2.45, 2.75) is 33.7 Å². The van der Waals surface area contributed by atoms with E-state index in [0.717, 1.165) is 9.88 Å². The van der Waals surface area contributed by atoms with Crippen molar-refractivity contribution in [1.29, 1.82) is 0 Å². The van der Waals surface area contributed by atoms with Gasteiger partial charge in [-0.3, -0.25) is 4.79 Å². The van der Waals surface area contributed by atoms with Gasteiger partial charge < -0.3 is 15.7 Å². The molecule has 2 amide bonds. The normalized spacial score (nSPS) is 11.1. The average molecular weight is 285 g/mol. The van der Waals surface area contributed by atoms with Crippen LogP contribution in [0.25, 0.3) is 0 Å². The van der Waals surface area contributed by atoms with Crippen molar-refractivity contribution in [2.75, 3.05) is 6.54 Å². The number of aliphatic carboxylic acids is 1. The van der Waals surface area contributed by atoms with E-state index in [2.05, 4.69) is 15.6 Å². The number of hydrogen-bond donors (Lipinski definition) is 3. The first kappa shape index (κ1) is 15.4. The number of amides is 2. The second-order valence-corrected chi connectivity index (χ2v) is 6.23. The smallest absolute Gasteiger partial charge is 0.315 e. The van der Waals surface area contributed by atoms with Gasteiger partial charge in [-0.15, -0.1) is 11.3 Å². The molecule has 6 nitrogen and oxygen atoms in total. The van der Waals surface area contributed by atoms with Gasteiger partial charge in [0.05, 0.1) is 12.0 Å². The van der Waals surface area contributed by atoms with Crippen molar-refractivity contribution >= 4 is 23.3 Å². The minimum Gasteiger partial charge on any atom is -0.481 e. The van der Waals surface area contributed by atoms with Crippen molar-refractivity contribution < 1.29 is 14.7 Å². The Balaban J connectivity index is 2.23. The Labute approximate surface area is 116 Å². The maximum absolute atomic E-state index is 11.5. The summed E-state index contributed by atoms with van der Waals surface area (Å²) >= 11 is 1.53. The van der Waals surface area contributed by atoms with Gasteiger partial charge in [-0.2, -0.15) is 0 Å². The maximum Gasteiger partial charge on any atom is 0.315 e. The second-order valence-electron chi connectivity index (χ2n) is 4.91. The molecule has 0 saturated heterocycles. The van der Waals surface area contributed by atoms with Gasteiger partial charge in [-0.25, -0.2) is 9.78 Å². The fourth-order valence-electron chi connectivity index (χ4n) is 1.30. The van der Waals surface area contributed by atoms with Gasteiger partial charge in [0, 0.05) is 17.6 Å². The molecule has 7 heteroatoms. The van der Waals surface area contributed by atoms with Gasteiger partial charge in [0.1, 0.15) is 5.01 Å². The van der Waals surface area contributed by atoms with Gasteiger partial charge >= 0.3 is 12.0 Å². The Hall–Kier alpha value is -1.63. The van der Waals surface area contributed by atoms with Crippen LogP contribution in [0, 0.1) is 12.3 Å². The lowest BCUT2D eigenvalue weighted by molar-refractivity contribution is -0.147. The van der Waals surface area contributed by atoms with Crippen LogP contribution in [0.4, 0.5) is 4.79 Å². The van der Waals surface area contributed by atoms with Crippen LogP contribution in [0.1, 0.15) is 30.2 Å². The molecule has 1 aromatic rings. The predicted molar refractivity (Wildman–Crippen MR) is 73.1 cm³/mol. The largest absolute Gasteiger partial charge is 0.481 e. The lowest BCUT2D eigenvalue weighted by Crippen LogP contribution is -2.38. The van der Waals surface area contributed by atoms with Crippen LogP contribution in [0.3, 0.4) is 0 Å². The van der Waals surface area contributed by atoms with Crippen LogP contribution >= 0.6 is 11.3 Å². The molecule has 1 aromatic heterocycles. The molecule has 0 aliphatic carbocycles. The third kappa shape index (κ3) is 5.25. The highest BCUT2D eigenvalue weighted by Gasteiger charge is 2.26. The minimum atomic E-state index is -0.868. The molecule has 0 radical (unpaired) electrons. The summed E-state index contributed by atoms with van der Waals surface area (Å²) in [6, 6.07) is -0.311. The zero-order valence-electron chi connectivity index (χ0n) is 11.3. The number of carboxylic acid groups (broad SMARTS) is 1. The van der Waals surface area contributed by atoms with E-state index in [-0.39, 0.29) is 6.03 Å². The SMILES string of the molecule is Cc1cnc(CNC(=O)NCCC(C)(C)C(=O)O)s1. The number of urea groups is 1. The highest BCUT2D eigenvalue weighted by Crippen LogP contribution is 2.19. The summed E-state index contributed by atoms with van der Waals surface area (Å²) in [4.78, 5) is 27.6. The Kier molecular flexibility index (Phi) is 5.29. The molecule has 1 heterocycles. The molecule has 0 atom stereocenters. The van der Waals surface area contributed by atoms with Crippen molar-refractivity contribution in [3.05, 3.63) is 16.1 Å². The van der Waals surface area contributed by atoms with Gasteiger partial charge in [0.2, 0.25) is 0 Å². The number of carbonyl (C=O) groups excluding carboxylic acids is 1. The van der Waals surface area contributed by atoms with E-state index in [4.69, 9.17) is 5.11 Å². The summed E-state index contributed by atoms with van der Waals surface area (Å²) in [7, 11) is 0. The van der Waals surface area contributed by atoms with Crippen LogP contribution in [-0.4, -0.2) is 28.6 Å². The van der Waals surface area contributed by atoms with Gasteiger partial charge in [-0.1, -0.05) is 0 Å². The number of thiazole rings is 1. The molecular formula is C12H19N3O3S. The molecule has 19 heavy (non-hydrogen) atoms. The first-order valence-electron chi connectivity index (χ1n) is 5.97. The monoisotopic (exact) mass is 285 g/mol. The molecule has 0 saturated carbocycles. The maximum atomic E-state index is 11.5. The molecule has 1 rings (SSSR count). The van der Waals surface area contributed by atoms with E-state index < -0.39 is 11.4 Å². The predicted octanol–water partition coefficient (Wildman–Crippen LogP) is 1.75. The quantitative estimate of drug-likeness (QED) is 0.742. The standard InChI is InChI=1S/C12H19N3O3S/c1-8-6-14-9(19-8)7-15-11(18)13-5-4-12(2,3)10(16)17/h6H,4-5,7H2,1-3H3,(H,16,17)(H2,13,15,18). The Morgan fingerprint density at radius 3 is 2.63 bits per heavy atom. The first-order valence-corrected chi connectivity index (χ1v) is 6.79. The zero-order chi connectivity index (χ0) is 14.5. The van der Waals surface area contributed by atoms with Crippen molar-refractivity contribution in [3.63, 3.8) is 0 Å². The van der Waals surface area contributed by atoms with E-state index >= 15 is 0 Å². The van der Waals surface area contributed by atoms with Crippen molar-refractivity contribution in [1.82, 2.24) is 15.6 Å². The first-order chi connectivity index (χ1) is 8.81. The molecule has 0 aromatic carbocycles. The third-order valence-electron chi connectivity index (χ3n) is 2.68. The summed E-state index contributed by atoms with van der Waals surface area (Å²) < 4.78 is 0. The summed E-state index contributed by atoms with van der Waals surface area (Å²) in [5.74, 6) is -0.868. The number of aromatic nitrogens is 1. The highest BCUT2D eigenvalue weighted by atomic mass is 32.1. The minimum absolute atomic E-state index is 0.311. The second kappa shape index (κ2) is 6.51. The molecule has 0 aliphatic rings. The van der Waals surface area contributed by atoms with E-state index in [1.165, 1.54) is 11.3 Å². The zero-order valence-corrected chi connectivity index (χ0v) is 12.1. The summed E-state index contributed by atoms with van der Waals surface area (Å²) in [5, 5.41) is 15.1. The number of nitrogens with one attached hydrogen (secondary N) is 2. The van der Waals surface area contributed by atoms with Gasteiger partial charge in [0.25, 0.3) is 0 Å². The molecule has 0 unspecified atom stereocenters. The molecule has 0 aliphatic heterocycles. The Morgan fingerprint density at radius 1 is 1.42 bits per heavy atom. The molecule has 0 fully saturated rings. The van der Waals surface area contributed by atoms with Gasteiger partial charge in [-0.05, 0) is 27.2 Å². The third-order valence-corrected chi connectivity index (χ3v) is 3.60. The summed E-state index contributed by atoms with van der Waals surface area (Å²) in [6.07, 6.45) is 2.14. The highest BCUT2D eigenvalue weighted by molar-refractivity contribution is 7.11. The van der Waals surface area contributed by atoms with E-state index in [1.807, 2.05) is 6.92 Å². The van der Waals surface area contributed by atoms with E-state index in [1.54, 1.807) is 20.0 Å². The fraction of sp³-hybridized carbons (Fsp3) is 0.583. The van der Waals surface area contributed by atoms with Gasteiger partial charge in [0.15, 0.2) is 0 Å². The number of rotatable bonds is 6. The van der Waals surface area contributed by atoms with Crippen LogP contribution in [0.2, 0.25) is 0 Å². The molecule has 3 N–H and O–H groups in total. The molecule has 106 valence electrons. The Morgan fingerprint density at radius 2 is 2.11 bits per heavy atom. The molecule has 0 spiro atoms. The van der Waals surface area contributed by atoms with E-state index in [9.17, 15) is 9.59 Å². The van der Waals surface area contributed by atoms with Crippen LogP contribution in [-0.2, 0) is 11.3 Å². The van der Waals surface area contributed by atoms with E-state index in [0.29, 0.717) is 19.5 Å². The number of nitrogens with zero attached hydrogens (tertiary/aromatic N) is 1. The van der Waals surface area contributed by atoms with Crippen LogP contribution in [0.5, 0.6) is 0 Å².